The van der Waals surface area contributed by atoms with Crippen molar-refractivity contribution in [2.75, 3.05) is 10.6 Å². The van der Waals surface area contributed by atoms with Crippen molar-refractivity contribution >= 4 is 70.1 Å². The third-order valence-corrected chi connectivity index (χ3v) is 8.18. The lowest BCUT2D eigenvalue weighted by Crippen LogP contribution is -2.30. The highest BCUT2D eigenvalue weighted by atomic mass is 35.5. The number of thioether (sulfide) groups is 1. The first kappa shape index (κ1) is 31.6. The summed E-state index contributed by atoms with van der Waals surface area (Å²) in [6.07, 6.45) is 1.62. The number of carbonyl (C=O) groups excluding carboxylic acids is 3. The van der Waals surface area contributed by atoms with Gasteiger partial charge in [0.05, 0.1) is 0 Å². The number of halogens is 2. The molecule has 45 heavy (non-hydrogen) atoms. The van der Waals surface area contributed by atoms with Gasteiger partial charge >= 0.3 is 0 Å². The lowest BCUT2D eigenvalue weighted by Gasteiger charge is -2.18. The highest BCUT2D eigenvalue weighted by Crippen LogP contribution is 2.37. The van der Waals surface area contributed by atoms with Crippen molar-refractivity contribution in [3.63, 3.8) is 0 Å². The molecular formula is C36H27Cl2N3O3S. The van der Waals surface area contributed by atoms with Crippen LogP contribution in [0.4, 0.5) is 11.4 Å². The van der Waals surface area contributed by atoms with Gasteiger partial charge in [0.2, 0.25) is 5.91 Å². The molecule has 1 unspecified atom stereocenters. The zero-order valence-corrected chi connectivity index (χ0v) is 26.1. The van der Waals surface area contributed by atoms with E-state index in [4.69, 9.17) is 23.2 Å². The van der Waals surface area contributed by atoms with Crippen molar-refractivity contribution in [2.24, 2.45) is 0 Å². The number of anilines is 2. The van der Waals surface area contributed by atoms with Crippen LogP contribution in [0.5, 0.6) is 0 Å². The van der Waals surface area contributed by atoms with E-state index >= 15 is 0 Å². The highest BCUT2D eigenvalue weighted by molar-refractivity contribution is 8.00. The molecule has 3 N–H and O–H groups in total. The SMILES string of the molecule is O=C(Nc1ccc(SC(C(=O)Nc2cc(Cl)cc(Cl)c2)c2ccccc2)cc1)/C(=C/c1ccccc1)NC(=O)c1ccccc1. The van der Waals surface area contributed by atoms with Crippen LogP contribution >= 0.6 is 35.0 Å². The van der Waals surface area contributed by atoms with Gasteiger partial charge in [-0.3, -0.25) is 14.4 Å². The predicted octanol–water partition coefficient (Wildman–Crippen LogP) is 8.88. The minimum Gasteiger partial charge on any atom is -0.325 e. The Labute approximate surface area is 275 Å². The maximum absolute atomic E-state index is 13.5. The van der Waals surface area contributed by atoms with E-state index in [1.165, 1.54) is 11.8 Å². The van der Waals surface area contributed by atoms with E-state index in [2.05, 4.69) is 16.0 Å². The van der Waals surface area contributed by atoms with Gasteiger partial charge in [-0.05, 0) is 71.8 Å². The van der Waals surface area contributed by atoms with Gasteiger partial charge in [0.25, 0.3) is 11.8 Å². The number of rotatable bonds is 10. The maximum Gasteiger partial charge on any atom is 0.272 e. The molecule has 5 rings (SSSR count). The molecule has 0 fully saturated rings. The summed E-state index contributed by atoms with van der Waals surface area (Å²) in [4.78, 5) is 40.5. The molecule has 0 saturated carbocycles. The van der Waals surface area contributed by atoms with E-state index < -0.39 is 17.1 Å². The fourth-order valence-corrected chi connectivity index (χ4v) is 5.89. The van der Waals surface area contributed by atoms with Gasteiger partial charge in [-0.15, -0.1) is 11.8 Å². The number of benzene rings is 5. The van der Waals surface area contributed by atoms with E-state index in [1.54, 1.807) is 60.7 Å². The summed E-state index contributed by atoms with van der Waals surface area (Å²) in [7, 11) is 0. The number of hydrogen-bond acceptors (Lipinski definition) is 4. The van der Waals surface area contributed by atoms with Crippen LogP contribution < -0.4 is 16.0 Å². The molecule has 0 heterocycles. The first-order valence-electron chi connectivity index (χ1n) is 13.9. The van der Waals surface area contributed by atoms with Gasteiger partial charge < -0.3 is 16.0 Å². The van der Waals surface area contributed by atoms with E-state index in [-0.39, 0.29) is 11.6 Å². The number of amides is 3. The fraction of sp³-hybridized carbons (Fsp3) is 0.0278. The highest BCUT2D eigenvalue weighted by Gasteiger charge is 2.23. The van der Waals surface area contributed by atoms with Gasteiger partial charge in [0.15, 0.2) is 0 Å². The number of hydrogen-bond donors (Lipinski definition) is 3. The first-order valence-corrected chi connectivity index (χ1v) is 15.5. The Hall–Kier alpha value is -4.82. The Morgan fingerprint density at radius 3 is 1.84 bits per heavy atom. The number of carbonyl (C=O) groups is 3. The Bertz CT molecular complexity index is 1800. The predicted molar refractivity (Wildman–Crippen MR) is 184 cm³/mol. The Morgan fingerprint density at radius 1 is 0.644 bits per heavy atom. The van der Waals surface area contributed by atoms with E-state index in [9.17, 15) is 14.4 Å². The quantitative estimate of drug-likeness (QED) is 0.104. The average molecular weight is 653 g/mol. The molecular weight excluding hydrogens is 625 g/mol. The third-order valence-electron chi connectivity index (χ3n) is 6.48. The summed E-state index contributed by atoms with van der Waals surface area (Å²) < 4.78 is 0. The van der Waals surface area contributed by atoms with Gasteiger partial charge in [-0.2, -0.15) is 0 Å². The Morgan fingerprint density at radius 2 is 1.22 bits per heavy atom. The Balaban J connectivity index is 1.32. The molecule has 9 heteroatoms. The summed E-state index contributed by atoms with van der Waals surface area (Å²) in [6, 6.07) is 39.4. The monoisotopic (exact) mass is 651 g/mol. The molecule has 0 radical (unpaired) electrons. The van der Waals surface area contributed by atoms with Crippen LogP contribution in [0, 0.1) is 0 Å². The van der Waals surface area contributed by atoms with Crippen LogP contribution in [0.15, 0.2) is 144 Å². The van der Waals surface area contributed by atoms with Crippen LogP contribution in [-0.4, -0.2) is 17.7 Å². The largest absolute Gasteiger partial charge is 0.325 e. The summed E-state index contributed by atoms with van der Waals surface area (Å²) in [5, 5.41) is 8.77. The molecule has 6 nitrogen and oxygen atoms in total. The van der Waals surface area contributed by atoms with Gasteiger partial charge in [-0.1, -0.05) is 102 Å². The summed E-state index contributed by atoms with van der Waals surface area (Å²) >= 11 is 13.6. The normalized spacial score (nSPS) is 11.7. The third kappa shape index (κ3) is 9.09. The van der Waals surface area contributed by atoms with Crippen LogP contribution in [0.25, 0.3) is 6.08 Å². The molecule has 0 aliphatic heterocycles. The molecule has 0 aliphatic carbocycles. The zero-order chi connectivity index (χ0) is 31.6. The number of nitrogens with one attached hydrogen (secondary N) is 3. The second kappa shape index (κ2) is 15.3. The fourth-order valence-electron chi connectivity index (χ4n) is 4.34. The smallest absolute Gasteiger partial charge is 0.272 e. The van der Waals surface area contributed by atoms with E-state index in [0.717, 1.165) is 16.0 Å². The molecule has 5 aromatic rings. The van der Waals surface area contributed by atoms with Crippen molar-refractivity contribution in [3.8, 4) is 0 Å². The molecule has 0 spiro atoms. The zero-order valence-electron chi connectivity index (χ0n) is 23.7. The molecule has 0 bridgehead atoms. The van der Waals surface area contributed by atoms with Gasteiger partial charge in [0, 0.05) is 31.9 Å². The van der Waals surface area contributed by atoms with Crippen LogP contribution in [-0.2, 0) is 9.59 Å². The van der Waals surface area contributed by atoms with Crippen molar-refractivity contribution in [3.05, 3.63) is 166 Å². The van der Waals surface area contributed by atoms with Crippen molar-refractivity contribution in [1.82, 2.24) is 5.32 Å². The van der Waals surface area contributed by atoms with Crippen molar-refractivity contribution in [1.29, 1.82) is 0 Å². The van der Waals surface area contributed by atoms with E-state index in [0.29, 0.717) is 27.0 Å². The summed E-state index contributed by atoms with van der Waals surface area (Å²) in [5.41, 5.74) is 3.11. The minimum atomic E-state index is -0.585. The second-order valence-electron chi connectivity index (χ2n) is 9.82. The van der Waals surface area contributed by atoms with Crippen molar-refractivity contribution < 1.29 is 14.4 Å². The van der Waals surface area contributed by atoms with Crippen LogP contribution in [0.1, 0.15) is 26.7 Å². The molecule has 224 valence electrons. The second-order valence-corrected chi connectivity index (χ2v) is 11.9. The molecule has 3 amide bonds. The van der Waals surface area contributed by atoms with Crippen LogP contribution in [0.2, 0.25) is 10.0 Å². The van der Waals surface area contributed by atoms with Crippen LogP contribution in [0.3, 0.4) is 0 Å². The standard InChI is InChI=1S/C36H27Cl2N3O3S/c37-27-21-28(38)23-30(22-27)40-36(44)33(25-12-6-2-7-13-25)45-31-18-16-29(17-19-31)39-35(43)32(20-24-10-4-1-5-11-24)41-34(42)26-14-8-3-9-15-26/h1-23,33H,(H,39,43)(H,40,44)(H,41,42)/b32-20-. The maximum atomic E-state index is 13.5. The molecule has 0 aliphatic rings. The Kier molecular flexibility index (Phi) is 10.7. The lowest BCUT2D eigenvalue weighted by molar-refractivity contribution is -0.116. The van der Waals surface area contributed by atoms with Gasteiger partial charge in [0.1, 0.15) is 10.9 Å². The molecule has 5 aromatic carbocycles. The first-order chi connectivity index (χ1) is 21.8. The molecule has 1 atom stereocenters. The molecule has 0 aromatic heterocycles. The lowest BCUT2D eigenvalue weighted by atomic mass is 10.1. The minimum absolute atomic E-state index is 0.0930. The van der Waals surface area contributed by atoms with E-state index in [1.807, 2.05) is 78.9 Å². The summed E-state index contributed by atoms with van der Waals surface area (Å²) in [6.45, 7) is 0. The average Bonchev–Trinajstić information content (AvgIpc) is 3.04. The molecule has 0 saturated heterocycles. The topological polar surface area (TPSA) is 87.3 Å². The van der Waals surface area contributed by atoms with Gasteiger partial charge in [-0.25, -0.2) is 0 Å². The summed E-state index contributed by atoms with van der Waals surface area (Å²) in [5.74, 6) is -1.12. The van der Waals surface area contributed by atoms with Crippen molar-refractivity contribution in [2.45, 2.75) is 10.1 Å².